The minimum Gasteiger partial charge on any atom is -0.497 e. The molecular weight excluding hydrogens is 378 g/mol. The van der Waals surface area contributed by atoms with Crippen LogP contribution in [0.1, 0.15) is 39.4 Å². The molecule has 3 aromatic rings. The molecule has 30 heavy (non-hydrogen) atoms. The minimum atomic E-state index is -0.971. The van der Waals surface area contributed by atoms with Crippen LogP contribution in [-0.2, 0) is 16.8 Å². The molecule has 0 saturated heterocycles. The number of ether oxygens (including phenoxy) is 1. The fourth-order valence-corrected chi connectivity index (χ4v) is 4.75. The van der Waals surface area contributed by atoms with Crippen molar-refractivity contribution in [3.8, 4) is 5.75 Å². The molecule has 2 atom stereocenters. The molecule has 2 aliphatic rings. The van der Waals surface area contributed by atoms with Crippen molar-refractivity contribution in [1.29, 1.82) is 0 Å². The van der Waals surface area contributed by atoms with Crippen LogP contribution in [0.2, 0.25) is 0 Å². The zero-order valence-corrected chi connectivity index (χ0v) is 16.5. The summed E-state index contributed by atoms with van der Waals surface area (Å²) in [6, 6.07) is 22.6. The van der Waals surface area contributed by atoms with Crippen molar-refractivity contribution in [2.75, 3.05) is 12.0 Å². The lowest BCUT2D eigenvalue weighted by molar-refractivity contribution is -0.120. The number of methoxy groups -OCH3 is 1. The predicted molar refractivity (Wildman–Crippen MR) is 113 cm³/mol. The van der Waals surface area contributed by atoms with Gasteiger partial charge in [-0.05, 0) is 53.4 Å². The standard InChI is InChI=1S/C25H21NO4/c1-30-19-9-5-7-17(13-19)21-14-25(21)20-10-2-3-11-22(20)26(24(25)29)15-16-6-4-8-18(12-16)23(27)28/h2-13,21H,14-15H2,1H3,(H,27,28)/t21-,25-/m1/s1. The van der Waals surface area contributed by atoms with Crippen molar-refractivity contribution in [1.82, 2.24) is 0 Å². The molecule has 0 unspecified atom stereocenters. The van der Waals surface area contributed by atoms with E-state index in [-0.39, 0.29) is 17.4 Å². The maximum Gasteiger partial charge on any atom is 0.335 e. The monoisotopic (exact) mass is 399 g/mol. The molecule has 1 fully saturated rings. The van der Waals surface area contributed by atoms with Crippen molar-refractivity contribution in [2.45, 2.75) is 24.3 Å². The van der Waals surface area contributed by atoms with Crippen LogP contribution in [0.4, 0.5) is 5.69 Å². The number of para-hydroxylation sites is 1. The largest absolute Gasteiger partial charge is 0.497 e. The number of carboxylic acid groups (broad SMARTS) is 1. The van der Waals surface area contributed by atoms with Gasteiger partial charge in [0.25, 0.3) is 0 Å². The maximum absolute atomic E-state index is 13.7. The van der Waals surface area contributed by atoms with Gasteiger partial charge in [0.05, 0.1) is 24.6 Å². The molecule has 1 aliphatic heterocycles. The van der Waals surface area contributed by atoms with E-state index in [1.165, 1.54) is 0 Å². The van der Waals surface area contributed by atoms with Crippen LogP contribution in [0.15, 0.2) is 72.8 Å². The topological polar surface area (TPSA) is 66.8 Å². The summed E-state index contributed by atoms with van der Waals surface area (Å²) >= 11 is 0. The van der Waals surface area contributed by atoms with Crippen LogP contribution < -0.4 is 9.64 Å². The predicted octanol–water partition coefficient (Wildman–Crippen LogP) is 4.37. The number of amides is 1. The average Bonchev–Trinajstić information content (AvgIpc) is 3.49. The number of benzene rings is 3. The highest BCUT2D eigenvalue weighted by atomic mass is 16.5. The Labute approximate surface area is 174 Å². The van der Waals surface area contributed by atoms with Crippen LogP contribution in [0.25, 0.3) is 0 Å². The summed E-state index contributed by atoms with van der Waals surface area (Å²) in [4.78, 5) is 26.8. The van der Waals surface area contributed by atoms with E-state index in [2.05, 4.69) is 6.07 Å². The first-order valence-corrected chi connectivity index (χ1v) is 9.92. The fraction of sp³-hybridized carbons (Fsp3) is 0.200. The Hall–Kier alpha value is -3.60. The van der Waals surface area contributed by atoms with Crippen molar-refractivity contribution >= 4 is 17.6 Å². The number of nitrogens with zero attached hydrogens (tertiary/aromatic N) is 1. The summed E-state index contributed by atoms with van der Waals surface area (Å²) in [6.45, 7) is 0.351. The molecule has 0 aromatic heterocycles. The van der Waals surface area contributed by atoms with Crippen LogP contribution in [0.3, 0.4) is 0 Å². The van der Waals surface area contributed by atoms with Gasteiger partial charge in [0.2, 0.25) is 5.91 Å². The molecule has 3 aromatic carbocycles. The Morgan fingerprint density at radius 2 is 1.90 bits per heavy atom. The lowest BCUT2D eigenvalue weighted by Gasteiger charge is -2.19. The quantitative estimate of drug-likeness (QED) is 0.692. The molecule has 1 heterocycles. The van der Waals surface area contributed by atoms with Gasteiger partial charge in [0.15, 0.2) is 0 Å². The van der Waals surface area contributed by atoms with Crippen LogP contribution >= 0.6 is 0 Å². The molecule has 0 bridgehead atoms. The highest BCUT2D eigenvalue weighted by Gasteiger charge is 2.67. The lowest BCUT2D eigenvalue weighted by Crippen LogP contribution is -2.32. The third kappa shape index (κ3) is 2.70. The number of aromatic carboxylic acids is 1. The van der Waals surface area contributed by atoms with Gasteiger partial charge in [-0.1, -0.05) is 42.5 Å². The van der Waals surface area contributed by atoms with Gasteiger partial charge in [-0.25, -0.2) is 4.79 Å². The highest BCUT2D eigenvalue weighted by molar-refractivity contribution is 6.11. The second-order valence-electron chi connectivity index (χ2n) is 7.92. The molecule has 1 spiro atoms. The first-order chi connectivity index (χ1) is 14.5. The molecule has 1 aliphatic carbocycles. The van der Waals surface area contributed by atoms with E-state index in [1.807, 2.05) is 48.5 Å². The molecule has 5 nitrogen and oxygen atoms in total. The van der Waals surface area contributed by atoms with E-state index >= 15 is 0 Å². The number of anilines is 1. The van der Waals surface area contributed by atoms with Gasteiger partial charge >= 0.3 is 5.97 Å². The van der Waals surface area contributed by atoms with E-state index < -0.39 is 11.4 Å². The number of hydrogen-bond donors (Lipinski definition) is 1. The van der Waals surface area contributed by atoms with Crippen molar-refractivity contribution in [3.63, 3.8) is 0 Å². The van der Waals surface area contributed by atoms with Gasteiger partial charge < -0.3 is 14.7 Å². The number of hydrogen-bond acceptors (Lipinski definition) is 3. The molecule has 5 heteroatoms. The third-order valence-electron chi connectivity index (χ3n) is 6.27. The molecule has 0 radical (unpaired) electrons. The number of carboxylic acids is 1. The Balaban J connectivity index is 1.51. The van der Waals surface area contributed by atoms with E-state index in [0.29, 0.717) is 6.54 Å². The third-order valence-corrected chi connectivity index (χ3v) is 6.27. The normalized spacial score (nSPS) is 21.6. The zero-order valence-electron chi connectivity index (χ0n) is 16.5. The van der Waals surface area contributed by atoms with Gasteiger partial charge in [-0.2, -0.15) is 0 Å². The second-order valence-corrected chi connectivity index (χ2v) is 7.92. The molecular formula is C25H21NO4. The smallest absolute Gasteiger partial charge is 0.335 e. The van der Waals surface area contributed by atoms with Gasteiger partial charge in [-0.15, -0.1) is 0 Å². The summed E-state index contributed by atoms with van der Waals surface area (Å²) in [5.41, 5.74) is 3.54. The first kappa shape index (κ1) is 18.4. The maximum atomic E-state index is 13.7. The summed E-state index contributed by atoms with van der Waals surface area (Å²) < 4.78 is 5.37. The summed E-state index contributed by atoms with van der Waals surface area (Å²) in [6.07, 6.45) is 0.766. The fourth-order valence-electron chi connectivity index (χ4n) is 4.75. The van der Waals surface area contributed by atoms with Crippen LogP contribution in [0, 0.1) is 0 Å². The number of carbonyl (C=O) groups is 2. The second kappa shape index (κ2) is 6.73. The first-order valence-electron chi connectivity index (χ1n) is 9.92. The van der Waals surface area contributed by atoms with E-state index in [9.17, 15) is 14.7 Å². The number of fused-ring (bicyclic) bond motifs is 2. The van der Waals surface area contributed by atoms with Crippen molar-refractivity contribution in [2.24, 2.45) is 0 Å². The van der Waals surface area contributed by atoms with Gasteiger partial charge in [-0.3, -0.25) is 4.79 Å². The molecule has 5 rings (SSSR count). The van der Waals surface area contributed by atoms with Crippen LogP contribution in [-0.4, -0.2) is 24.1 Å². The Morgan fingerprint density at radius 1 is 1.10 bits per heavy atom. The van der Waals surface area contributed by atoms with Crippen LogP contribution in [0.5, 0.6) is 5.75 Å². The van der Waals surface area contributed by atoms with Gasteiger partial charge in [0.1, 0.15) is 5.75 Å². The molecule has 1 N–H and O–H groups in total. The van der Waals surface area contributed by atoms with E-state index in [1.54, 1.807) is 30.2 Å². The number of carbonyl (C=O) groups excluding carboxylic acids is 1. The lowest BCUT2D eigenvalue weighted by atomic mass is 9.92. The van der Waals surface area contributed by atoms with E-state index in [4.69, 9.17) is 4.74 Å². The molecule has 1 saturated carbocycles. The zero-order chi connectivity index (χ0) is 20.9. The summed E-state index contributed by atoms with van der Waals surface area (Å²) in [5.74, 6) is 0.00576. The Bertz CT molecular complexity index is 1170. The Kier molecular flexibility index (Phi) is 4.13. The molecule has 1 amide bonds. The molecule has 150 valence electrons. The Morgan fingerprint density at radius 3 is 2.70 bits per heavy atom. The number of rotatable bonds is 5. The minimum absolute atomic E-state index is 0.0808. The van der Waals surface area contributed by atoms with Gasteiger partial charge in [0, 0.05) is 11.6 Å². The SMILES string of the molecule is COc1cccc([C@H]2C[C@]23C(=O)N(Cc2cccc(C(=O)O)c2)c2ccccc23)c1. The average molecular weight is 399 g/mol. The van der Waals surface area contributed by atoms with Crippen molar-refractivity contribution < 1.29 is 19.4 Å². The van der Waals surface area contributed by atoms with E-state index in [0.717, 1.165) is 34.5 Å². The van der Waals surface area contributed by atoms with Crippen molar-refractivity contribution in [3.05, 3.63) is 95.1 Å². The summed E-state index contributed by atoms with van der Waals surface area (Å²) in [5, 5.41) is 9.29. The highest BCUT2D eigenvalue weighted by Crippen LogP contribution is 2.66. The summed E-state index contributed by atoms with van der Waals surface area (Å²) in [7, 11) is 1.64.